The molecule has 0 bridgehead atoms. The Hall–Kier alpha value is -3.13. The number of hydrogen-bond donors (Lipinski definition) is 0. The summed E-state index contributed by atoms with van der Waals surface area (Å²) in [5.74, 6) is -0.0592. The number of hydrogen-bond acceptors (Lipinski definition) is 5. The van der Waals surface area contributed by atoms with E-state index < -0.39 is 0 Å². The molecule has 0 radical (unpaired) electrons. The lowest BCUT2D eigenvalue weighted by molar-refractivity contribution is 0.0985. The summed E-state index contributed by atoms with van der Waals surface area (Å²) in [4.78, 5) is 28.2. The standard InChI is InChI=1S/C29H27BrN4OS/c1-3-33(4-2)16-17-34(29-32-25-15-14-21(30)18-27(25)36-29)28(35)23-19-26(20-10-6-5-7-11-20)31-24-13-9-8-12-22(23)24/h5-15,18-19H,3-4,16-17H2,1-2H3. The lowest BCUT2D eigenvalue weighted by atomic mass is 10.0. The summed E-state index contributed by atoms with van der Waals surface area (Å²) in [7, 11) is 0. The molecule has 0 unspecified atom stereocenters. The average molecular weight is 560 g/mol. The van der Waals surface area contributed by atoms with Crippen LogP contribution < -0.4 is 4.90 Å². The van der Waals surface area contributed by atoms with E-state index in [0.717, 1.165) is 56.5 Å². The second-order valence-corrected chi connectivity index (χ2v) is 10.5. The van der Waals surface area contributed by atoms with Crippen LogP contribution in [0.5, 0.6) is 0 Å². The molecule has 0 N–H and O–H groups in total. The van der Waals surface area contributed by atoms with Gasteiger partial charge in [-0.25, -0.2) is 9.97 Å². The Labute approximate surface area is 223 Å². The molecule has 7 heteroatoms. The van der Waals surface area contributed by atoms with Gasteiger partial charge in [-0.05, 0) is 43.4 Å². The Morgan fingerprint density at radius 1 is 0.861 bits per heavy atom. The molecule has 0 saturated carbocycles. The molecule has 36 heavy (non-hydrogen) atoms. The predicted molar refractivity (Wildman–Crippen MR) is 154 cm³/mol. The highest BCUT2D eigenvalue weighted by atomic mass is 79.9. The van der Waals surface area contributed by atoms with Gasteiger partial charge in [-0.1, -0.05) is 89.6 Å². The van der Waals surface area contributed by atoms with Crippen molar-refractivity contribution < 1.29 is 4.79 Å². The van der Waals surface area contributed by atoms with Crippen LogP contribution in [0.3, 0.4) is 0 Å². The van der Waals surface area contributed by atoms with E-state index in [0.29, 0.717) is 17.2 Å². The first kappa shape index (κ1) is 24.6. The molecule has 0 atom stereocenters. The Balaban J connectivity index is 1.63. The number of thiazole rings is 1. The van der Waals surface area contributed by atoms with Crippen LogP contribution in [0.25, 0.3) is 32.4 Å². The van der Waals surface area contributed by atoms with Crippen molar-refractivity contribution in [3.63, 3.8) is 0 Å². The number of rotatable bonds is 8. The fourth-order valence-electron chi connectivity index (χ4n) is 4.32. The third-order valence-electron chi connectivity index (χ3n) is 6.37. The number of para-hydroxylation sites is 1. The molecule has 5 nitrogen and oxygen atoms in total. The molecule has 0 fully saturated rings. The van der Waals surface area contributed by atoms with Gasteiger partial charge in [0.25, 0.3) is 5.91 Å². The van der Waals surface area contributed by atoms with Gasteiger partial charge in [-0.3, -0.25) is 9.69 Å². The van der Waals surface area contributed by atoms with Crippen molar-refractivity contribution in [3.05, 3.63) is 88.9 Å². The minimum absolute atomic E-state index is 0.0592. The van der Waals surface area contributed by atoms with Crippen LogP contribution in [0.4, 0.5) is 5.13 Å². The smallest absolute Gasteiger partial charge is 0.260 e. The normalized spacial score (nSPS) is 11.4. The second-order valence-electron chi connectivity index (χ2n) is 8.53. The van der Waals surface area contributed by atoms with E-state index in [1.54, 1.807) is 11.3 Å². The van der Waals surface area contributed by atoms with E-state index in [-0.39, 0.29) is 5.91 Å². The first-order valence-electron chi connectivity index (χ1n) is 12.1. The summed E-state index contributed by atoms with van der Waals surface area (Å²) >= 11 is 5.10. The van der Waals surface area contributed by atoms with Gasteiger partial charge in [0.1, 0.15) is 0 Å². The van der Waals surface area contributed by atoms with E-state index in [2.05, 4.69) is 40.7 Å². The number of fused-ring (bicyclic) bond motifs is 2. The molecule has 5 rings (SSSR count). The number of halogens is 1. The molecule has 0 aliphatic carbocycles. The SMILES string of the molecule is CCN(CC)CCN(C(=O)c1cc(-c2ccccc2)nc2ccccc12)c1nc2ccc(Br)cc2s1. The Morgan fingerprint density at radius 2 is 1.61 bits per heavy atom. The highest BCUT2D eigenvalue weighted by Crippen LogP contribution is 2.33. The van der Waals surface area contributed by atoms with Crippen LogP contribution in [0.2, 0.25) is 0 Å². The maximum atomic E-state index is 14.3. The van der Waals surface area contributed by atoms with Gasteiger partial charge >= 0.3 is 0 Å². The fraction of sp³-hybridized carbons (Fsp3) is 0.207. The van der Waals surface area contributed by atoms with Crippen LogP contribution in [0, 0.1) is 0 Å². The largest absolute Gasteiger partial charge is 0.302 e. The number of pyridine rings is 1. The number of likely N-dealkylation sites (N-methyl/N-ethyl adjacent to an activating group) is 1. The van der Waals surface area contributed by atoms with Crippen molar-refractivity contribution in [2.45, 2.75) is 13.8 Å². The Kier molecular flexibility index (Phi) is 7.41. The van der Waals surface area contributed by atoms with Crippen molar-refractivity contribution in [3.8, 4) is 11.3 Å². The summed E-state index contributed by atoms with van der Waals surface area (Å²) in [5, 5.41) is 1.56. The van der Waals surface area contributed by atoms with E-state index in [9.17, 15) is 4.79 Å². The molecule has 2 aromatic heterocycles. The predicted octanol–water partition coefficient (Wildman–Crippen LogP) is 7.26. The summed E-state index contributed by atoms with van der Waals surface area (Å²) in [6.45, 7) is 7.48. The van der Waals surface area contributed by atoms with Crippen molar-refractivity contribution in [2.24, 2.45) is 0 Å². The molecule has 0 spiro atoms. The maximum Gasteiger partial charge on any atom is 0.260 e. The summed E-state index contributed by atoms with van der Waals surface area (Å²) in [5.41, 5.74) is 4.10. The van der Waals surface area contributed by atoms with E-state index >= 15 is 0 Å². The molecule has 2 heterocycles. The van der Waals surface area contributed by atoms with Crippen molar-refractivity contribution >= 4 is 59.4 Å². The van der Waals surface area contributed by atoms with Crippen LogP contribution in [0.1, 0.15) is 24.2 Å². The first-order valence-corrected chi connectivity index (χ1v) is 13.7. The van der Waals surface area contributed by atoms with Gasteiger partial charge in [-0.15, -0.1) is 0 Å². The zero-order valence-corrected chi connectivity index (χ0v) is 22.7. The van der Waals surface area contributed by atoms with Crippen LogP contribution >= 0.6 is 27.3 Å². The molecular formula is C29H27BrN4OS. The number of aromatic nitrogens is 2. The minimum atomic E-state index is -0.0592. The fourth-order valence-corrected chi connectivity index (χ4v) is 5.86. The molecule has 182 valence electrons. The van der Waals surface area contributed by atoms with Crippen molar-refractivity contribution in [2.75, 3.05) is 31.1 Å². The quantitative estimate of drug-likeness (QED) is 0.201. The van der Waals surface area contributed by atoms with Crippen molar-refractivity contribution in [1.82, 2.24) is 14.9 Å². The van der Waals surface area contributed by atoms with Gasteiger partial charge in [0, 0.05) is 28.5 Å². The highest BCUT2D eigenvalue weighted by Gasteiger charge is 2.24. The van der Waals surface area contributed by atoms with E-state index in [1.807, 2.05) is 77.7 Å². The average Bonchev–Trinajstić information content (AvgIpc) is 3.33. The Bertz CT molecular complexity index is 1510. The molecule has 0 aliphatic rings. The van der Waals surface area contributed by atoms with Crippen molar-refractivity contribution in [1.29, 1.82) is 0 Å². The summed E-state index contributed by atoms with van der Waals surface area (Å²) in [6, 6.07) is 25.8. The number of amides is 1. The molecule has 3 aromatic carbocycles. The summed E-state index contributed by atoms with van der Waals surface area (Å²) < 4.78 is 2.04. The zero-order valence-electron chi connectivity index (χ0n) is 20.3. The van der Waals surface area contributed by atoms with Gasteiger partial charge in [-0.2, -0.15) is 0 Å². The lowest BCUT2D eigenvalue weighted by Crippen LogP contribution is -2.39. The van der Waals surface area contributed by atoms with Gasteiger partial charge in [0.05, 0.1) is 27.0 Å². The number of benzene rings is 3. The number of carbonyl (C=O) groups excluding carboxylic acids is 1. The molecule has 1 amide bonds. The van der Waals surface area contributed by atoms with E-state index in [1.165, 1.54) is 0 Å². The van der Waals surface area contributed by atoms with Crippen LogP contribution in [-0.4, -0.2) is 47.0 Å². The number of carbonyl (C=O) groups is 1. The van der Waals surface area contributed by atoms with Gasteiger partial charge in [0.15, 0.2) is 5.13 Å². The van der Waals surface area contributed by atoms with Crippen LogP contribution in [0.15, 0.2) is 83.3 Å². The molecular weight excluding hydrogens is 532 g/mol. The third-order valence-corrected chi connectivity index (χ3v) is 7.90. The molecule has 0 aliphatic heterocycles. The second kappa shape index (κ2) is 10.9. The van der Waals surface area contributed by atoms with Crippen LogP contribution in [-0.2, 0) is 0 Å². The third kappa shape index (κ3) is 5.05. The van der Waals surface area contributed by atoms with Gasteiger partial charge in [0.2, 0.25) is 0 Å². The molecule has 5 aromatic rings. The maximum absolute atomic E-state index is 14.3. The number of nitrogens with zero attached hydrogens (tertiary/aromatic N) is 4. The summed E-state index contributed by atoms with van der Waals surface area (Å²) in [6.07, 6.45) is 0. The monoisotopic (exact) mass is 558 g/mol. The minimum Gasteiger partial charge on any atom is -0.302 e. The van der Waals surface area contributed by atoms with E-state index in [4.69, 9.17) is 9.97 Å². The number of anilines is 1. The highest BCUT2D eigenvalue weighted by molar-refractivity contribution is 9.10. The Morgan fingerprint density at radius 3 is 2.39 bits per heavy atom. The van der Waals surface area contributed by atoms with Gasteiger partial charge < -0.3 is 4.90 Å². The molecule has 0 saturated heterocycles. The zero-order chi connectivity index (χ0) is 25.1. The lowest BCUT2D eigenvalue weighted by Gasteiger charge is -2.25. The topological polar surface area (TPSA) is 49.3 Å². The first-order chi connectivity index (χ1) is 17.6.